The minimum Gasteiger partial charge on any atom is -0.309 e. The van der Waals surface area contributed by atoms with Crippen LogP contribution in [0.1, 0.15) is 38.8 Å². The van der Waals surface area contributed by atoms with Crippen molar-refractivity contribution in [2.24, 2.45) is 0 Å². The van der Waals surface area contributed by atoms with Crippen LogP contribution >= 0.6 is 0 Å². The quantitative estimate of drug-likeness (QED) is 0.195. The molecule has 0 fully saturated rings. The van der Waals surface area contributed by atoms with E-state index < -0.39 is 0 Å². The molecule has 0 saturated carbocycles. The Labute approximate surface area is 258 Å². The Hall–Kier alpha value is -5.08. The number of fused-ring (bicyclic) bond motifs is 6. The van der Waals surface area contributed by atoms with Gasteiger partial charge in [0.1, 0.15) is 0 Å². The first-order valence-corrected chi connectivity index (χ1v) is 15.5. The van der Waals surface area contributed by atoms with Gasteiger partial charge in [0.05, 0.1) is 22.1 Å². The second-order valence-corrected chi connectivity index (χ2v) is 13.1. The van der Waals surface area contributed by atoms with Crippen LogP contribution in [0.5, 0.6) is 0 Å². The molecule has 2 heterocycles. The molecular formula is C42H36N2. The summed E-state index contributed by atoms with van der Waals surface area (Å²) in [6.45, 7) is 9.51. The van der Waals surface area contributed by atoms with Gasteiger partial charge in [-0.3, -0.25) is 0 Å². The number of rotatable bonds is 5. The highest BCUT2D eigenvalue weighted by molar-refractivity contribution is 6.10. The summed E-state index contributed by atoms with van der Waals surface area (Å²) >= 11 is 0. The molecule has 0 atom stereocenters. The Morgan fingerprint density at radius 3 is 0.841 bits per heavy atom. The third kappa shape index (κ3) is 3.80. The predicted molar refractivity (Wildman–Crippen MR) is 188 cm³/mol. The summed E-state index contributed by atoms with van der Waals surface area (Å²) in [6.07, 6.45) is 0. The molecule has 0 amide bonds. The molecular weight excluding hydrogens is 532 g/mol. The topological polar surface area (TPSA) is 9.86 Å². The van der Waals surface area contributed by atoms with Crippen LogP contribution in [0.3, 0.4) is 0 Å². The van der Waals surface area contributed by atoms with E-state index in [9.17, 15) is 0 Å². The molecule has 2 nitrogen and oxygen atoms in total. The monoisotopic (exact) mass is 568 g/mol. The van der Waals surface area contributed by atoms with E-state index >= 15 is 0 Å². The van der Waals surface area contributed by atoms with Crippen LogP contribution in [0.4, 0.5) is 0 Å². The van der Waals surface area contributed by atoms with Crippen molar-refractivity contribution in [1.29, 1.82) is 0 Å². The molecule has 0 radical (unpaired) electrons. The number of aromatic nitrogens is 2. The summed E-state index contributed by atoms with van der Waals surface area (Å²) in [7, 11) is 0. The highest BCUT2D eigenvalue weighted by Gasteiger charge is 2.39. The Morgan fingerprint density at radius 1 is 0.318 bits per heavy atom. The van der Waals surface area contributed by atoms with Crippen LogP contribution in [0.15, 0.2) is 146 Å². The van der Waals surface area contributed by atoms with Crippen molar-refractivity contribution in [2.75, 3.05) is 0 Å². The molecule has 0 aliphatic heterocycles. The lowest BCUT2D eigenvalue weighted by atomic mass is 9.61. The molecule has 0 spiro atoms. The van der Waals surface area contributed by atoms with Crippen molar-refractivity contribution in [1.82, 2.24) is 9.13 Å². The molecule has 8 rings (SSSR count). The van der Waals surface area contributed by atoms with Crippen LogP contribution in [0, 0.1) is 0 Å². The van der Waals surface area contributed by atoms with Gasteiger partial charge in [0.15, 0.2) is 0 Å². The van der Waals surface area contributed by atoms with Crippen molar-refractivity contribution < 1.29 is 0 Å². The smallest absolute Gasteiger partial charge is 0.0541 e. The standard InChI is InChI=1S/C42H36N2/c1-41(2,29-21-25-31(26-22-29)43-37-17-9-5-13-33(37)34-14-6-10-18-38(34)43)42(3,4)30-23-27-32(28-24-30)44-39-19-11-7-15-35(39)36-16-8-12-20-40(36)44/h5-28H,1-4H3. The molecule has 0 unspecified atom stereocenters. The molecule has 0 saturated heterocycles. The third-order valence-electron chi connectivity index (χ3n) is 10.4. The van der Waals surface area contributed by atoms with Crippen LogP contribution in [0.25, 0.3) is 55.0 Å². The lowest BCUT2D eigenvalue weighted by Crippen LogP contribution is -2.40. The second-order valence-electron chi connectivity index (χ2n) is 13.1. The van der Waals surface area contributed by atoms with Gasteiger partial charge in [0, 0.05) is 32.9 Å². The minimum atomic E-state index is -0.110. The van der Waals surface area contributed by atoms with Gasteiger partial charge in [-0.05, 0) is 70.5 Å². The zero-order valence-corrected chi connectivity index (χ0v) is 25.8. The van der Waals surface area contributed by atoms with Crippen molar-refractivity contribution in [3.63, 3.8) is 0 Å². The molecule has 0 aliphatic rings. The van der Waals surface area contributed by atoms with Gasteiger partial charge >= 0.3 is 0 Å². The summed E-state index contributed by atoms with van der Waals surface area (Å²) in [4.78, 5) is 0. The third-order valence-corrected chi connectivity index (χ3v) is 10.4. The Balaban J connectivity index is 1.15. The van der Waals surface area contributed by atoms with E-state index in [-0.39, 0.29) is 10.8 Å². The number of hydrogen-bond donors (Lipinski definition) is 0. The Bertz CT molecular complexity index is 2040. The minimum absolute atomic E-state index is 0.110. The normalized spacial score (nSPS) is 12.5. The van der Waals surface area contributed by atoms with Crippen LogP contribution in [0.2, 0.25) is 0 Å². The largest absolute Gasteiger partial charge is 0.309 e. The molecule has 214 valence electrons. The summed E-state index contributed by atoms with van der Waals surface area (Å²) in [5.74, 6) is 0. The number of benzene rings is 6. The summed E-state index contributed by atoms with van der Waals surface area (Å²) in [6, 6.07) is 53.3. The fraction of sp³-hybridized carbons (Fsp3) is 0.143. The maximum atomic E-state index is 2.39. The molecule has 8 aromatic rings. The van der Waals surface area contributed by atoms with Gasteiger partial charge in [0.25, 0.3) is 0 Å². The first-order valence-electron chi connectivity index (χ1n) is 15.5. The van der Waals surface area contributed by atoms with Crippen LogP contribution in [-0.2, 0) is 10.8 Å². The second kappa shape index (κ2) is 9.72. The fourth-order valence-electron chi connectivity index (χ4n) is 7.18. The van der Waals surface area contributed by atoms with E-state index in [1.165, 1.54) is 66.1 Å². The zero-order chi connectivity index (χ0) is 30.1. The molecule has 2 aromatic heterocycles. The summed E-state index contributed by atoms with van der Waals surface area (Å²) < 4.78 is 4.78. The van der Waals surface area contributed by atoms with Crippen LogP contribution in [-0.4, -0.2) is 9.13 Å². The first kappa shape index (κ1) is 26.5. The van der Waals surface area contributed by atoms with Gasteiger partial charge in [0.2, 0.25) is 0 Å². The predicted octanol–water partition coefficient (Wildman–Crippen LogP) is 11.1. The van der Waals surface area contributed by atoms with E-state index in [1.807, 2.05) is 0 Å². The molecule has 0 N–H and O–H groups in total. The Kier molecular flexibility index (Phi) is 5.86. The van der Waals surface area contributed by atoms with Crippen molar-refractivity contribution in [2.45, 2.75) is 38.5 Å². The summed E-state index contributed by atoms with van der Waals surface area (Å²) in [5, 5.41) is 5.16. The molecule has 44 heavy (non-hydrogen) atoms. The lowest BCUT2D eigenvalue weighted by molar-refractivity contribution is 0.303. The maximum Gasteiger partial charge on any atom is 0.0541 e. The highest BCUT2D eigenvalue weighted by atomic mass is 15.0. The van der Waals surface area contributed by atoms with Crippen molar-refractivity contribution >= 4 is 43.6 Å². The van der Waals surface area contributed by atoms with E-state index in [0.29, 0.717) is 0 Å². The average molecular weight is 569 g/mol. The van der Waals surface area contributed by atoms with Gasteiger partial charge in [-0.25, -0.2) is 0 Å². The number of nitrogens with zero attached hydrogens (tertiary/aromatic N) is 2. The van der Waals surface area contributed by atoms with Gasteiger partial charge in [-0.15, -0.1) is 0 Å². The molecule has 6 aromatic carbocycles. The van der Waals surface area contributed by atoms with Crippen LogP contribution < -0.4 is 0 Å². The maximum absolute atomic E-state index is 2.39. The zero-order valence-electron chi connectivity index (χ0n) is 25.8. The van der Waals surface area contributed by atoms with Gasteiger partial charge < -0.3 is 9.13 Å². The SMILES string of the molecule is CC(C)(c1ccc(-n2c3ccccc3c3ccccc32)cc1)C(C)(C)c1ccc(-n2c3ccccc3c3ccccc32)cc1. The molecule has 0 bridgehead atoms. The fourth-order valence-corrected chi connectivity index (χ4v) is 7.18. The Morgan fingerprint density at radius 2 is 0.568 bits per heavy atom. The van der Waals surface area contributed by atoms with Gasteiger partial charge in [-0.2, -0.15) is 0 Å². The molecule has 0 aliphatic carbocycles. The highest BCUT2D eigenvalue weighted by Crippen LogP contribution is 2.44. The van der Waals surface area contributed by atoms with Gasteiger partial charge in [-0.1, -0.05) is 125 Å². The molecule has 2 heteroatoms. The van der Waals surface area contributed by atoms with E-state index in [0.717, 1.165) is 0 Å². The van der Waals surface area contributed by atoms with Crippen molar-refractivity contribution in [3.05, 3.63) is 157 Å². The number of hydrogen-bond acceptors (Lipinski definition) is 0. The van der Waals surface area contributed by atoms with E-state index in [2.05, 4.69) is 182 Å². The van der Waals surface area contributed by atoms with E-state index in [4.69, 9.17) is 0 Å². The summed E-state index contributed by atoms with van der Waals surface area (Å²) in [5.41, 5.74) is 9.78. The first-order chi connectivity index (χ1) is 21.4. The van der Waals surface area contributed by atoms with Crippen molar-refractivity contribution in [3.8, 4) is 11.4 Å². The average Bonchev–Trinajstić information content (AvgIpc) is 3.58. The lowest BCUT2D eigenvalue weighted by Gasteiger charge is -2.43. The van der Waals surface area contributed by atoms with E-state index in [1.54, 1.807) is 0 Å². The number of para-hydroxylation sites is 4.